The second-order valence-electron chi connectivity index (χ2n) is 13.8. The Morgan fingerprint density at radius 1 is 0.871 bits per heavy atom. The Hall–Kier alpha value is -6.66. The highest BCUT2D eigenvalue weighted by molar-refractivity contribution is 6.06. The third-order valence-electron chi connectivity index (χ3n) is 9.30. The van der Waals surface area contributed by atoms with Gasteiger partial charge < -0.3 is 44.1 Å². The predicted molar refractivity (Wildman–Crippen MR) is 222 cm³/mol. The molecule has 3 aromatic rings. The molecule has 2 radical (unpaired) electrons. The van der Waals surface area contributed by atoms with Crippen molar-refractivity contribution < 1.29 is 66.5 Å². The van der Waals surface area contributed by atoms with Gasteiger partial charge in [0.05, 0.1) is 49.4 Å². The number of hydroxylamine groups is 2. The summed E-state index contributed by atoms with van der Waals surface area (Å²) in [6, 6.07) is 10.7. The van der Waals surface area contributed by atoms with E-state index in [9.17, 15) is 38.4 Å². The van der Waals surface area contributed by atoms with Crippen LogP contribution in [0.25, 0.3) is 11.3 Å². The van der Waals surface area contributed by atoms with Crippen molar-refractivity contribution in [2.45, 2.75) is 98.1 Å². The fraction of sp³-hybridized carbons (Fsp3) is 0.442. The molecule has 0 aliphatic rings. The Labute approximate surface area is 361 Å². The zero-order valence-electron chi connectivity index (χ0n) is 35.5. The number of nitrogens with zero attached hydrogens (tertiary/aromatic N) is 1. The molecule has 1 aromatic heterocycles. The Bertz CT molecular complexity index is 2000. The van der Waals surface area contributed by atoms with E-state index in [2.05, 4.69) is 20.6 Å². The van der Waals surface area contributed by atoms with E-state index in [1.54, 1.807) is 13.8 Å². The third-order valence-corrected chi connectivity index (χ3v) is 9.30. The normalized spacial score (nSPS) is 12.1. The summed E-state index contributed by atoms with van der Waals surface area (Å²) in [6.07, 6.45) is 4.02. The van der Waals surface area contributed by atoms with Crippen molar-refractivity contribution in [3.05, 3.63) is 71.5 Å². The minimum Gasteiger partial charge on any atom is -0.543 e. The summed E-state index contributed by atoms with van der Waals surface area (Å²) in [5.74, 6) is -5.42. The Balaban J connectivity index is 1.70. The zero-order valence-corrected chi connectivity index (χ0v) is 35.5. The van der Waals surface area contributed by atoms with E-state index in [4.69, 9.17) is 31.5 Å². The summed E-state index contributed by atoms with van der Waals surface area (Å²) < 4.78 is 25.9. The Morgan fingerprint density at radius 2 is 1.60 bits per heavy atom. The average molecular weight is 861 g/mol. The maximum absolute atomic E-state index is 13.6. The van der Waals surface area contributed by atoms with E-state index in [0.29, 0.717) is 31.2 Å². The van der Waals surface area contributed by atoms with Crippen LogP contribution in [0.1, 0.15) is 117 Å². The number of unbranched alkanes of at least 4 members (excludes halogenated alkanes) is 3. The minimum atomic E-state index is -1.39. The molecule has 0 bridgehead atoms. The highest BCUT2D eigenvalue weighted by Crippen LogP contribution is 2.30. The number of nitrogens with one attached hydrogen (secondary N) is 3. The van der Waals surface area contributed by atoms with Gasteiger partial charge in [0.25, 0.3) is 17.8 Å². The summed E-state index contributed by atoms with van der Waals surface area (Å²) >= 11 is 0. The molecule has 0 spiro atoms. The van der Waals surface area contributed by atoms with E-state index >= 15 is 0 Å². The maximum atomic E-state index is 13.6. The number of furan rings is 1. The van der Waals surface area contributed by atoms with E-state index < -0.39 is 66.0 Å². The van der Waals surface area contributed by atoms with Crippen LogP contribution in [0.4, 0.5) is 0 Å². The number of ether oxygens (including phenoxy) is 3. The van der Waals surface area contributed by atoms with Gasteiger partial charge in [0.15, 0.2) is 5.76 Å². The van der Waals surface area contributed by atoms with Crippen LogP contribution in [-0.4, -0.2) is 93.1 Å². The molecule has 18 nitrogen and oxygen atoms in total. The van der Waals surface area contributed by atoms with Crippen molar-refractivity contribution >= 4 is 56.1 Å². The molecular formula is C43H53BN4O14. The largest absolute Gasteiger partial charge is 0.543 e. The lowest BCUT2D eigenvalue weighted by Crippen LogP contribution is -2.49. The number of carbonyl (C=O) groups excluding carboxylic acids is 8. The third kappa shape index (κ3) is 15.1. The Kier molecular flexibility index (Phi) is 20.7. The molecule has 19 heteroatoms. The van der Waals surface area contributed by atoms with E-state index in [1.165, 1.54) is 61.5 Å². The molecule has 62 heavy (non-hydrogen) atoms. The first-order valence-corrected chi connectivity index (χ1v) is 20.3. The number of rotatable bonds is 26. The minimum absolute atomic E-state index is 0.0309. The first kappa shape index (κ1) is 49.7. The lowest BCUT2D eigenvalue weighted by molar-refractivity contribution is -0.171. The van der Waals surface area contributed by atoms with E-state index in [0.717, 1.165) is 24.3 Å². The second-order valence-corrected chi connectivity index (χ2v) is 13.8. The zero-order chi connectivity index (χ0) is 45.6. The highest BCUT2D eigenvalue weighted by Gasteiger charge is 2.34. The maximum Gasteiger partial charge on any atom is 0.378 e. The fourth-order valence-corrected chi connectivity index (χ4v) is 6.14. The van der Waals surface area contributed by atoms with Crippen LogP contribution in [0.3, 0.4) is 0 Å². The summed E-state index contributed by atoms with van der Waals surface area (Å²) in [5, 5.41) is 8.57. The average Bonchev–Trinajstić information content (AvgIpc) is 3.76. The lowest BCUT2D eigenvalue weighted by Gasteiger charge is -2.31. The molecule has 332 valence electrons. The molecule has 2 aromatic carbocycles. The van der Waals surface area contributed by atoms with Gasteiger partial charge in [-0.15, -0.1) is 0 Å². The molecule has 3 atom stereocenters. The second kappa shape index (κ2) is 25.9. The van der Waals surface area contributed by atoms with Crippen LogP contribution < -0.4 is 25.4 Å². The monoisotopic (exact) mass is 860 g/mol. The van der Waals surface area contributed by atoms with Gasteiger partial charge in [-0.1, -0.05) is 52.5 Å². The first-order valence-electron chi connectivity index (χ1n) is 20.3. The number of amides is 4. The summed E-state index contributed by atoms with van der Waals surface area (Å²) in [4.78, 5) is 107. The number of benzene rings is 2. The Morgan fingerprint density at radius 3 is 2.23 bits per heavy atom. The summed E-state index contributed by atoms with van der Waals surface area (Å²) in [6.45, 7) is 8.54. The van der Waals surface area contributed by atoms with Crippen LogP contribution in [0, 0.1) is 5.92 Å². The molecule has 0 saturated carbocycles. The number of esters is 2. The molecule has 0 saturated heterocycles. The molecule has 1 heterocycles. The summed E-state index contributed by atoms with van der Waals surface area (Å²) in [5.41, 5.74) is 0.539. The highest BCUT2D eigenvalue weighted by atomic mass is 16.7. The molecule has 0 aliphatic carbocycles. The van der Waals surface area contributed by atoms with Crippen LogP contribution >= 0.6 is 0 Å². The van der Waals surface area contributed by atoms with Gasteiger partial charge in [0.2, 0.25) is 12.3 Å². The topological polar surface area (TPSA) is 235 Å². The fourth-order valence-electron chi connectivity index (χ4n) is 6.14. The van der Waals surface area contributed by atoms with E-state index in [1.807, 2.05) is 13.8 Å². The van der Waals surface area contributed by atoms with Crippen molar-refractivity contribution in [1.29, 1.82) is 0 Å². The molecule has 0 fully saturated rings. The first-order chi connectivity index (χ1) is 29.8. The van der Waals surface area contributed by atoms with Gasteiger partial charge in [0, 0.05) is 12.5 Å². The number of carbonyl (C=O) groups is 8. The van der Waals surface area contributed by atoms with E-state index in [-0.39, 0.29) is 60.4 Å². The molecule has 3 rings (SSSR count). The van der Waals surface area contributed by atoms with Crippen LogP contribution in [0.2, 0.25) is 0 Å². The van der Waals surface area contributed by atoms with Crippen molar-refractivity contribution in [3.8, 4) is 22.8 Å². The van der Waals surface area contributed by atoms with Crippen molar-refractivity contribution in [3.63, 3.8) is 0 Å². The smallest absolute Gasteiger partial charge is 0.378 e. The van der Waals surface area contributed by atoms with Gasteiger partial charge in [-0.3, -0.25) is 28.8 Å². The molecular weight excluding hydrogens is 807 g/mol. The van der Waals surface area contributed by atoms with Gasteiger partial charge in [-0.05, 0) is 74.7 Å². The van der Waals surface area contributed by atoms with Crippen molar-refractivity contribution in [2.75, 3.05) is 19.9 Å². The van der Waals surface area contributed by atoms with Crippen LogP contribution in [0.5, 0.6) is 11.5 Å². The molecule has 4 amide bonds. The quantitative estimate of drug-likeness (QED) is 0.0188. The predicted octanol–water partition coefficient (Wildman–Crippen LogP) is 4.74. The standard InChI is InChI=1S/C43H53BN4O14/c1-6-10-12-13-31(34(8-3)48(26-49)62-42(55)28-14-17-30(18-15-28)59-27(5)50)39(52)45-25-46-41(54)36-21-20-35(60-36)29-16-19-32(37(23-29)57-9-4)40(53)47-33(24-38(51)61-44)43(56)58-22-11-7-2/h14-21,23,26,31,33-34H,6-13,22,24-25H2,1-5H3,(H,45,52)(H,46,54)(H,47,53)/t31-,33+,34-/m1/s1. The van der Waals surface area contributed by atoms with Gasteiger partial charge in [0.1, 0.15) is 23.3 Å². The lowest BCUT2D eigenvalue weighted by atomic mass is 9.90. The molecule has 0 aliphatic heterocycles. The van der Waals surface area contributed by atoms with Crippen molar-refractivity contribution in [2.24, 2.45) is 5.92 Å². The summed E-state index contributed by atoms with van der Waals surface area (Å²) in [7, 11) is 4.95. The van der Waals surface area contributed by atoms with Gasteiger partial charge in [-0.25, -0.2) is 9.59 Å². The number of hydrogen-bond donors (Lipinski definition) is 3. The van der Waals surface area contributed by atoms with Crippen LogP contribution in [-0.2, 0) is 38.2 Å². The molecule has 3 N–H and O–H groups in total. The van der Waals surface area contributed by atoms with Gasteiger partial charge in [-0.2, -0.15) is 5.06 Å². The molecule has 0 unspecified atom stereocenters. The SMILES string of the molecule is [B]OC(=O)C[C@H](NC(=O)c1ccc(-c2ccc(C(=O)NCNC(=O)[C@H](CCCCC)[C@@H](CC)N(C=O)OC(=O)c3ccc(OC(C)=O)cc3)o2)cc1OCC)C(=O)OCCCC. The van der Waals surface area contributed by atoms with Crippen molar-refractivity contribution in [1.82, 2.24) is 21.0 Å². The van der Waals surface area contributed by atoms with Crippen LogP contribution in [0.15, 0.2) is 59.0 Å². The number of hydrogen-bond acceptors (Lipinski definition) is 14. The van der Waals surface area contributed by atoms with Gasteiger partial charge >= 0.3 is 26.0 Å².